The van der Waals surface area contributed by atoms with Crippen molar-refractivity contribution in [2.24, 2.45) is 0 Å². The number of rotatable bonds is 3. The highest BCUT2D eigenvalue weighted by atomic mass is 35.5. The molecule has 0 spiro atoms. The van der Waals surface area contributed by atoms with Crippen LogP contribution < -0.4 is 0 Å². The van der Waals surface area contributed by atoms with Crippen molar-refractivity contribution >= 4 is 29.0 Å². The van der Waals surface area contributed by atoms with E-state index < -0.39 is 0 Å². The minimum absolute atomic E-state index is 0.504. The zero-order valence-corrected chi connectivity index (χ0v) is 16.6. The van der Waals surface area contributed by atoms with E-state index >= 15 is 0 Å². The molecule has 140 valence electrons. The zero-order valence-electron chi connectivity index (χ0n) is 15.1. The van der Waals surface area contributed by atoms with Crippen LogP contribution in [0.1, 0.15) is 0 Å². The summed E-state index contributed by atoms with van der Waals surface area (Å²) in [7, 11) is 0. The van der Waals surface area contributed by atoms with Gasteiger partial charge in [0.05, 0.1) is 16.9 Å². The van der Waals surface area contributed by atoms with Gasteiger partial charge in [-0.15, -0.1) is 0 Å². The number of benzene rings is 3. The first-order valence-corrected chi connectivity index (χ1v) is 9.78. The maximum Gasteiger partial charge on any atom is 0.251 e. The number of hydrogen-bond donors (Lipinski definition) is 0. The summed E-state index contributed by atoms with van der Waals surface area (Å²) in [4.78, 5) is 9.49. The van der Waals surface area contributed by atoms with Gasteiger partial charge >= 0.3 is 0 Å². The maximum atomic E-state index is 6.37. The predicted molar refractivity (Wildman–Crippen MR) is 117 cm³/mol. The molecule has 0 amide bonds. The van der Waals surface area contributed by atoms with E-state index in [4.69, 9.17) is 33.3 Å². The largest absolute Gasteiger partial charge is 0.251 e. The van der Waals surface area contributed by atoms with E-state index in [9.17, 15) is 0 Å². The van der Waals surface area contributed by atoms with Crippen LogP contribution in [0.2, 0.25) is 10.0 Å². The van der Waals surface area contributed by atoms with Crippen LogP contribution in [0.4, 0.5) is 0 Å². The lowest BCUT2D eigenvalue weighted by Crippen LogP contribution is -2.00. The minimum Gasteiger partial charge on any atom is -0.209 e. The van der Waals surface area contributed by atoms with Gasteiger partial charge in [-0.2, -0.15) is 5.10 Å². The zero-order chi connectivity index (χ0) is 19.8. The Kier molecular flexibility index (Phi) is 4.51. The van der Waals surface area contributed by atoms with Crippen molar-refractivity contribution < 1.29 is 0 Å². The molecule has 2 aromatic heterocycles. The molecule has 0 unspecified atom stereocenters. The van der Waals surface area contributed by atoms with Crippen LogP contribution in [0.25, 0.3) is 39.5 Å². The number of nitrogens with zero attached hydrogens (tertiary/aromatic N) is 4. The quantitative estimate of drug-likeness (QED) is 0.340. The Bertz CT molecular complexity index is 1240. The molecule has 5 rings (SSSR count). The molecule has 0 radical (unpaired) electrons. The summed E-state index contributed by atoms with van der Waals surface area (Å²) in [6.07, 6.45) is 1.83. The molecular weight excluding hydrogens is 403 g/mol. The molecule has 0 saturated carbocycles. The van der Waals surface area contributed by atoms with E-state index in [1.807, 2.05) is 72.9 Å². The molecule has 0 aliphatic rings. The third-order valence-corrected chi connectivity index (χ3v) is 5.16. The van der Waals surface area contributed by atoms with Gasteiger partial charge in [0.15, 0.2) is 0 Å². The van der Waals surface area contributed by atoms with E-state index in [1.165, 1.54) is 0 Å². The molecule has 4 nitrogen and oxygen atoms in total. The SMILES string of the molecule is Clc1ccc(-c2cn3nc(-c4ccccc4)c(-c4ccccc4)nc3n2)c(Cl)c1. The van der Waals surface area contributed by atoms with Gasteiger partial charge in [0.25, 0.3) is 5.78 Å². The summed E-state index contributed by atoms with van der Waals surface area (Å²) in [6.45, 7) is 0. The molecule has 3 aromatic carbocycles. The number of halogens is 2. The smallest absolute Gasteiger partial charge is 0.209 e. The molecule has 0 saturated heterocycles. The second-order valence-electron chi connectivity index (χ2n) is 6.54. The summed E-state index contributed by atoms with van der Waals surface area (Å²) in [5, 5.41) is 5.95. The summed E-state index contributed by atoms with van der Waals surface area (Å²) in [6, 6.07) is 25.3. The lowest BCUT2D eigenvalue weighted by atomic mass is 10.0. The van der Waals surface area contributed by atoms with Crippen molar-refractivity contribution in [1.29, 1.82) is 0 Å². The van der Waals surface area contributed by atoms with Crippen molar-refractivity contribution in [2.45, 2.75) is 0 Å². The molecule has 29 heavy (non-hydrogen) atoms. The van der Waals surface area contributed by atoms with Crippen LogP contribution >= 0.6 is 23.2 Å². The van der Waals surface area contributed by atoms with Gasteiger partial charge in [0.2, 0.25) is 0 Å². The highest BCUT2D eigenvalue weighted by Gasteiger charge is 2.16. The molecule has 0 aliphatic carbocycles. The lowest BCUT2D eigenvalue weighted by molar-refractivity contribution is 0.912. The van der Waals surface area contributed by atoms with Crippen molar-refractivity contribution in [3.63, 3.8) is 0 Å². The minimum atomic E-state index is 0.504. The third-order valence-electron chi connectivity index (χ3n) is 4.62. The fourth-order valence-corrected chi connectivity index (χ4v) is 3.74. The van der Waals surface area contributed by atoms with E-state index in [-0.39, 0.29) is 0 Å². The van der Waals surface area contributed by atoms with Crippen molar-refractivity contribution in [3.05, 3.63) is 95.1 Å². The van der Waals surface area contributed by atoms with Crippen LogP contribution in [0.3, 0.4) is 0 Å². The Hall–Kier alpha value is -3.21. The Labute approximate surface area is 177 Å². The molecule has 2 heterocycles. The van der Waals surface area contributed by atoms with Crippen LogP contribution in [0.15, 0.2) is 85.1 Å². The van der Waals surface area contributed by atoms with E-state index in [0.717, 1.165) is 28.1 Å². The van der Waals surface area contributed by atoms with Crippen LogP contribution in [-0.4, -0.2) is 19.6 Å². The number of fused-ring (bicyclic) bond motifs is 1. The highest BCUT2D eigenvalue weighted by Crippen LogP contribution is 2.32. The number of aromatic nitrogens is 4. The third kappa shape index (κ3) is 3.37. The summed E-state index contributed by atoms with van der Waals surface area (Å²) in [5.41, 5.74) is 5.01. The second-order valence-corrected chi connectivity index (χ2v) is 7.38. The second kappa shape index (κ2) is 7.32. The molecule has 6 heteroatoms. The first kappa shape index (κ1) is 17.9. The lowest BCUT2D eigenvalue weighted by Gasteiger charge is -2.08. The average Bonchev–Trinajstić information content (AvgIpc) is 3.17. The van der Waals surface area contributed by atoms with Gasteiger partial charge in [-0.25, -0.2) is 14.5 Å². The molecule has 0 N–H and O–H groups in total. The molecule has 0 aliphatic heterocycles. The summed E-state index contributed by atoms with van der Waals surface area (Å²) < 4.78 is 1.69. The average molecular weight is 417 g/mol. The van der Waals surface area contributed by atoms with Crippen LogP contribution in [0.5, 0.6) is 0 Å². The Balaban J connectivity index is 1.74. The molecule has 0 atom stereocenters. The Morgan fingerprint density at radius 3 is 2.00 bits per heavy atom. The summed E-state index contributed by atoms with van der Waals surface area (Å²) >= 11 is 12.4. The first-order chi connectivity index (χ1) is 14.2. The van der Waals surface area contributed by atoms with Crippen LogP contribution in [-0.2, 0) is 0 Å². The normalized spacial score (nSPS) is 11.1. The van der Waals surface area contributed by atoms with E-state index in [2.05, 4.69) is 4.98 Å². The maximum absolute atomic E-state index is 6.37. The van der Waals surface area contributed by atoms with Gasteiger partial charge in [-0.05, 0) is 18.2 Å². The fraction of sp³-hybridized carbons (Fsp3) is 0. The van der Waals surface area contributed by atoms with Crippen molar-refractivity contribution in [1.82, 2.24) is 19.6 Å². The van der Waals surface area contributed by atoms with Gasteiger partial charge in [-0.3, -0.25) is 0 Å². The van der Waals surface area contributed by atoms with Gasteiger partial charge in [0, 0.05) is 21.7 Å². The van der Waals surface area contributed by atoms with E-state index in [1.54, 1.807) is 16.6 Å². The fourth-order valence-electron chi connectivity index (χ4n) is 3.23. The van der Waals surface area contributed by atoms with Gasteiger partial charge in [-0.1, -0.05) is 83.9 Å². The molecular formula is C23H14Cl2N4. The Morgan fingerprint density at radius 1 is 0.690 bits per heavy atom. The van der Waals surface area contributed by atoms with E-state index in [0.29, 0.717) is 21.5 Å². The molecule has 5 aromatic rings. The molecule has 0 fully saturated rings. The number of hydrogen-bond acceptors (Lipinski definition) is 3. The Morgan fingerprint density at radius 2 is 1.34 bits per heavy atom. The highest BCUT2D eigenvalue weighted by molar-refractivity contribution is 6.36. The predicted octanol–water partition coefficient (Wildman–Crippen LogP) is 6.43. The van der Waals surface area contributed by atoms with Gasteiger partial charge < -0.3 is 0 Å². The topological polar surface area (TPSA) is 43.1 Å². The van der Waals surface area contributed by atoms with Crippen LogP contribution in [0, 0.1) is 0 Å². The van der Waals surface area contributed by atoms with Crippen molar-refractivity contribution in [2.75, 3.05) is 0 Å². The molecule has 0 bridgehead atoms. The van der Waals surface area contributed by atoms with Crippen molar-refractivity contribution in [3.8, 4) is 33.8 Å². The monoisotopic (exact) mass is 416 g/mol. The van der Waals surface area contributed by atoms with Gasteiger partial charge in [0.1, 0.15) is 11.4 Å². The number of imidazole rings is 1. The first-order valence-electron chi connectivity index (χ1n) is 9.03. The standard InChI is InChI=1S/C23H14Cl2N4/c24-17-11-12-18(19(25)13-17)20-14-29-23(26-20)27-21(15-7-3-1-4-8-15)22(28-29)16-9-5-2-6-10-16/h1-14H. The summed E-state index contributed by atoms with van der Waals surface area (Å²) in [5.74, 6) is 0.504.